The predicted octanol–water partition coefficient (Wildman–Crippen LogP) is 3.79. The van der Waals surface area contributed by atoms with Gasteiger partial charge >= 0.3 is 6.18 Å². The zero-order valence-corrected chi connectivity index (χ0v) is 14.0. The van der Waals surface area contributed by atoms with Crippen LogP contribution in [0.4, 0.5) is 13.2 Å². The largest absolute Gasteiger partial charge is 0.416 e. The molecule has 1 aromatic rings. The number of alkyl halides is 4. The summed E-state index contributed by atoms with van der Waals surface area (Å²) >= 11 is 3.21. The number of halogens is 4. The molecule has 8 heteroatoms. The van der Waals surface area contributed by atoms with Crippen molar-refractivity contribution in [1.29, 1.82) is 0 Å². The van der Waals surface area contributed by atoms with Crippen molar-refractivity contribution in [3.63, 3.8) is 0 Å². The number of benzene rings is 1. The summed E-state index contributed by atoms with van der Waals surface area (Å²) in [4.78, 5) is -0.382. The van der Waals surface area contributed by atoms with Crippen LogP contribution in [0.2, 0.25) is 0 Å². The average molecular weight is 388 g/mol. The Kier molecular flexibility index (Phi) is 6.24. The first kappa shape index (κ1) is 18.4. The molecule has 0 saturated carbocycles. The highest BCUT2D eigenvalue weighted by atomic mass is 79.9. The second-order valence-electron chi connectivity index (χ2n) is 5.13. The Morgan fingerprint density at radius 1 is 1.29 bits per heavy atom. The lowest BCUT2D eigenvalue weighted by Crippen LogP contribution is -2.37. The lowest BCUT2D eigenvalue weighted by molar-refractivity contribution is -0.137. The van der Waals surface area contributed by atoms with E-state index in [4.69, 9.17) is 0 Å². The van der Waals surface area contributed by atoms with Gasteiger partial charge in [0.05, 0.1) is 10.5 Å². The summed E-state index contributed by atoms with van der Waals surface area (Å²) in [6.45, 7) is 3.88. The van der Waals surface area contributed by atoms with E-state index in [0.29, 0.717) is 17.8 Å². The molecule has 0 heterocycles. The Morgan fingerprint density at radius 2 is 1.90 bits per heavy atom. The molecule has 0 spiro atoms. The summed E-state index contributed by atoms with van der Waals surface area (Å²) in [6.07, 6.45) is -3.98. The van der Waals surface area contributed by atoms with Crippen LogP contribution in [0.1, 0.15) is 25.8 Å². The Hall–Kier alpha value is -0.600. The van der Waals surface area contributed by atoms with Crippen LogP contribution in [-0.4, -0.2) is 19.8 Å². The maximum absolute atomic E-state index is 12.6. The topological polar surface area (TPSA) is 46.2 Å². The van der Waals surface area contributed by atoms with Gasteiger partial charge in [-0.2, -0.15) is 13.2 Å². The molecule has 21 heavy (non-hydrogen) atoms. The zero-order chi connectivity index (χ0) is 16.3. The van der Waals surface area contributed by atoms with Crippen LogP contribution < -0.4 is 4.72 Å². The molecule has 1 unspecified atom stereocenters. The molecule has 1 N–H and O–H groups in total. The molecular formula is C13H17BrF3NO2S. The summed E-state index contributed by atoms with van der Waals surface area (Å²) in [6, 6.07) is 3.35. The van der Waals surface area contributed by atoms with Crippen LogP contribution in [0.25, 0.3) is 0 Å². The van der Waals surface area contributed by atoms with E-state index in [2.05, 4.69) is 20.7 Å². The molecule has 1 rings (SSSR count). The molecule has 0 fully saturated rings. The summed E-state index contributed by atoms with van der Waals surface area (Å²) in [5.74, 6) is 0.261. The number of hydrogen-bond donors (Lipinski definition) is 1. The number of rotatable bonds is 6. The number of nitrogens with one attached hydrogen (secondary N) is 1. The minimum absolute atomic E-state index is 0.261. The average Bonchev–Trinajstić information content (AvgIpc) is 2.36. The molecule has 1 atom stereocenters. The number of sulfonamides is 1. The van der Waals surface area contributed by atoms with Gasteiger partial charge in [0.2, 0.25) is 10.0 Å². The Balaban J connectivity index is 3.02. The van der Waals surface area contributed by atoms with Crippen LogP contribution in [0, 0.1) is 5.92 Å². The highest BCUT2D eigenvalue weighted by Gasteiger charge is 2.32. The normalized spacial score (nSPS) is 14.4. The fourth-order valence-corrected chi connectivity index (χ4v) is 3.77. The molecule has 3 nitrogen and oxygen atoms in total. The molecule has 1 aromatic carbocycles. The van der Waals surface area contributed by atoms with Gasteiger partial charge in [0.1, 0.15) is 0 Å². The molecule has 0 aliphatic rings. The minimum Gasteiger partial charge on any atom is -0.207 e. The molecule has 0 radical (unpaired) electrons. The van der Waals surface area contributed by atoms with Crippen molar-refractivity contribution >= 4 is 26.0 Å². The van der Waals surface area contributed by atoms with E-state index in [-0.39, 0.29) is 16.9 Å². The minimum atomic E-state index is -4.57. The maximum Gasteiger partial charge on any atom is 0.416 e. The number of hydrogen-bond acceptors (Lipinski definition) is 2. The van der Waals surface area contributed by atoms with Crippen LogP contribution >= 0.6 is 15.9 Å². The van der Waals surface area contributed by atoms with Gasteiger partial charge in [-0.3, -0.25) is 0 Å². The Morgan fingerprint density at radius 3 is 2.38 bits per heavy atom. The Labute approximate surface area is 131 Å². The SMILES string of the molecule is CC(C)CC(CBr)NS(=O)(=O)c1cccc(C(F)(F)F)c1. The summed E-state index contributed by atoms with van der Waals surface area (Å²) < 4.78 is 64.7. The van der Waals surface area contributed by atoms with Gasteiger partial charge in [-0.1, -0.05) is 35.8 Å². The lowest BCUT2D eigenvalue weighted by atomic mass is 10.1. The smallest absolute Gasteiger partial charge is 0.207 e. The van der Waals surface area contributed by atoms with Crippen molar-refractivity contribution < 1.29 is 21.6 Å². The third-order valence-electron chi connectivity index (χ3n) is 2.74. The third kappa shape index (κ3) is 5.60. The lowest BCUT2D eigenvalue weighted by Gasteiger charge is -2.18. The molecule has 0 amide bonds. The zero-order valence-electron chi connectivity index (χ0n) is 11.6. The van der Waals surface area contributed by atoms with Crippen LogP contribution in [0.15, 0.2) is 29.2 Å². The molecule has 120 valence electrons. The molecule has 0 aliphatic carbocycles. The predicted molar refractivity (Wildman–Crippen MR) is 78.8 cm³/mol. The van der Waals surface area contributed by atoms with Crippen molar-refractivity contribution in [1.82, 2.24) is 4.72 Å². The molecule has 0 aromatic heterocycles. The first-order chi connectivity index (χ1) is 9.56. The van der Waals surface area contributed by atoms with Gasteiger partial charge in [-0.05, 0) is 30.5 Å². The van der Waals surface area contributed by atoms with Crippen molar-refractivity contribution in [2.45, 2.75) is 37.4 Å². The first-order valence-electron chi connectivity index (χ1n) is 6.32. The molecule has 0 bridgehead atoms. The second kappa shape index (κ2) is 7.11. The fourth-order valence-electron chi connectivity index (χ4n) is 1.84. The van der Waals surface area contributed by atoms with Crippen LogP contribution in [-0.2, 0) is 16.2 Å². The van der Waals surface area contributed by atoms with Crippen molar-refractivity contribution in [2.24, 2.45) is 5.92 Å². The van der Waals surface area contributed by atoms with Gasteiger partial charge in [-0.25, -0.2) is 13.1 Å². The van der Waals surface area contributed by atoms with Crippen LogP contribution in [0.5, 0.6) is 0 Å². The quantitative estimate of drug-likeness (QED) is 0.754. The standard InChI is InChI=1S/C13H17BrF3NO2S/c1-9(2)6-11(8-14)18-21(19,20)12-5-3-4-10(7-12)13(15,16)17/h3-5,7,9,11,18H,6,8H2,1-2H3. The van der Waals surface area contributed by atoms with E-state index in [1.54, 1.807) is 0 Å². The Bertz CT molecular complexity index is 573. The van der Waals surface area contributed by atoms with E-state index >= 15 is 0 Å². The van der Waals surface area contributed by atoms with Crippen molar-refractivity contribution in [2.75, 3.05) is 5.33 Å². The van der Waals surface area contributed by atoms with Crippen molar-refractivity contribution in [3.8, 4) is 0 Å². The van der Waals surface area contributed by atoms with E-state index in [0.717, 1.165) is 18.2 Å². The van der Waals surface area contributed by atoms with Gasteiger partial charge < -0.3 is 0 Å². The molecule has 0 aliphatic heterocycles. The van der Waals surface area contributed by atoms with Crippen molar-refractivity contribution in [3.05, 3.63) is 29.8 Å². The highest BCUT2D eigenvalue weighted by molar-refractivity contribution is 9.09. The fraction of sp³-hybridized carbons (Fsp3) is 0.538. The molecular weight excluding hydrogens is 371 g/mol. The van der Waals surface area contributed by atoms with Gasteiger partial charge in [0.15, 0.2) is 0 Å². The molecule has 0 saturated heterocycles. The third-order valence-corrected chi connectivity index (χ3v) is 5.04. The second-order valence-corrected chi connectivity index (χ2v) is 7.49. The van der Waals surface area contributed by atoms with E-state index < -0.39 is 21.8 Å². The van der Waals surface area contributed by atoms with Gasteiger partial charge in [-0.15, -0.1) is 0 Å². The van der Waals surface area contributed by atoms with E-state index in [1.807, 2.05) is 13.8 Å². The maximum atomic E-state index is 12.6. The first-order valence-corrected chi connectivity index (χ1v) is 8.92. The monoisotopic (exact) mass is 387 g/mol. The van der Waals surface area contributed by atoms with Gasteiger partial charge in [0.25, 0.3) is 0 Å². The summed E-state index contributed by atoms with van der Waals surface area (Å²) in [5.41, 5.74) is -0.982. The van der Waals surface area contributed by atoms with E-state index in [9.17, 15) is 21.6 Å². The van der Waals surface area contributed by atoms with Gasteiger partial charge in [0, 0.05) is 11.4 Å². The summed E-state index contributed by atoms with van der Waals surface area (Å²) in [5, 5.41) is 0.392. The highest BCUT2D eigenvalue weighted by Crippen LogP contribution is 2.30. The van der Waals surface area contributed by atoms with Crippen LogP contribution in [0.3, 0.4) is 0 Å². The van der Waals surface area contributed by atoms with E-state index in [1.165, 1.54) is 0 Å². The summed E-state index contributed by atoms with van der Waals surface area (Å²) in [7, 11) is -3.98.